The van der Waals surface area contributed by atoms with Gasteiger partial charge in [-0.25, -0.2) is 0 Å². The van der Waals surface area contributed by atoms with E-state index in [9.17, 15) is 9.90 Å². The molecule has 1 unspecified atom stereocenters. The highest BCUT2D eigenvalue weighted by atomic mass is 16.5. The summed E-state index contributed by atoms with van der Waals surface area (Å²) in [5, 5.41) is 10.8. The van der Waals surface area contributed by atoms with Crippen LogP contribution in [0.5, 0.6) is 17.2 Å². The molecule has 1 aromatic heterocycles. The van der Waals surface area contributed by atoms with Crippen molar-refractivity contribution in [2.24, 2.45) is 0 Å². The lowest BCUT2D eigenvalue weighted by atomic mass is 10.1. The second-order valence-corrected chi connectivity index (χ2v) is 9.03. The van der Waals surface area contributed by atoms with E-state index in [1.54, 1.807) is 13.2 Å². The highest BCUT2D eigenvalue weighted by Gasteiger charge is 2.28. The molecule has 1 N–H and O–H groups in total. The second kappa shape index (κ2) is 8.60. The number of carbonyl (C=O) groups is 1. The number of aromatic hydroxyl groups is 1. The molecule has 33 heavy (non-hydrogen) atoms. The smallest absolute Gasteiger partial charge is 0.231 e. The number of aryl methyl sites for hydroxylation is 1. The van der Waals surface area contributed by atoms with E-state index in [1.807, 2.05) is 18.2 Å². The largest absolute Gasteiger partial charge is 0.508 e. The number of Topliss-reactive ketones (excluding diaryl/α,β-unsaturated/α-hetero) is 1. The van der Waals surface area contributed by atoms with Crippen molar-refractivity contribution in [3.8, 4) is 17.2 Å². The molecular formula is C27H30N2O4. The summed E-state index contributed by atoms with van der Waals surface area (Å²) in [4.78, 5) is 15.5. The first-order valence-electron chi connectivity index (χ1n) is 11.6. The average molecular weight is 447 g/mol. The van der Waals surface area contributed by atoms with Crippen molar-refractivity contribution in [1.82, 2.24) is 9.47 Å². The first-order valence-corrected chi connectivity index (χ1v) is 11.6. The Balaban J connectivity index is 1.50. The molecule has 1 fully saturated rings. The minimum absolute atomic E-state index is 0.0765. The molecule has 3 heterocycles. The maximum Gasteiger partial charge on any atom is 0.231 e. The van der Waals surface area contributed by atoms with Gasteiger partial charge in [0.05, 0.1) is 12.7 Å². The summed E-state index contributed by atoms with van der Waals surface area (Å²) in [5.41, 5.74) is 3.64. The van der Waals surface area contributed by atoms with E-state index in [0.717, 1.165) is 47.4 Å². The van der Waals surface area contributed by atoms with Gasteiger partial charge in [-0.05, 0) is 76.1 Å². The van der Waals surface area contributed by atoms with Crippen molar-refractivity contribution in [3.63, 3.8) is 0 Å². The molecule has 0 spiro atoms. The number of phenolic OH excluding ortho intramolecular Hbond substituents is 1. The van der Waals surface area contributed by atoms with Gasteiger partial charge in [-0.1, -0.05) is 0 Å². The number of likely N-dealkylation sites (tertiary alicyclic amines) is 1. The number of benzene rings is 2. The van der Waals surface area contributed by atoms with Crippen LogP contribution in [0, 0.1) is 6.92 Å². The number of methoxy groups -OCH3 is 1. The van der Waals surface area contributed by atoms with E-state index in [4.69, 9.17) is 9.47 Å². The maximum absolute atomic E-state index is 12.9. The normalized spacial score (nSPS) is 19.4. The summed E-state index contributed by atoms with van der Waals surface area (Å²) >= 11 is 0. The zero-order valence-electron chi connectivity index (χ0n) is 19.4. The molecule has 6 nitrogen and oxygen atoms in total. The average Bonchev–Trinajstić information content (AvgIpc) is 3.43. The van der Waals surface area contributed by atoms with Gasteiger partial charge in [-0.2, -0.15) is 0 Å². The third-order valence-electron chi connectivity index (χ3n) is 7.03. The fourth-order valence-electron chi connectivity index (χ4n) is 5.15. The van der Waals surface area contributed by atoms with Gasteiger partial charge < -0.3 is 24.0 Å². The first kappa shape index (κ1) is 21.6. The molecule has 172 valence electrons. The monoisotopic (exact) mass is 446 g/mol. The number of aromatic nitrogens is 1. The summed E-state index contributed by atoms with van der Waals surface area (Å²) in [6, 6.07) is 11.3. The topological polar surface area (TPSA) is 63.9 Å². The number of hydrogen-bond donors (Lipinski definition) is 1. The summed E-state index contributed by atoms with van der Waals surface area (Å²) in [6.07, 6.45) is 5.47. The zero-order valence-corrected chi connectivity index (χ0v) is 19.4. The fraction of sp³-hybridized carbons (Fsp3) is 0.370. The van der Waals surface area contributed by atoms with Crippen LogP contribution < -0.4 is 9.47 Å². The van der Waals surface area contributed by atoms with Crippen molar-refractivity contribution >= 4 is 22.8 Å². The Bertz CT molecular complexity index is 1260. The highest BCUT2D eigenvalue weighted by Crippen LogP contribution is 2.37. The van der Waals surface area contributed by atoms with Crippen LogP contribution in [0.25, 0.3) is 17.0 Å². The van der Waals surface area contributed by atoms with Gasteiger partial charge in [0.2, 0.25) is 5.78 Å². The quantitative estimate of drug-likeness (QED) is 0.530. The molecule has 3 aromatic rings. The standard InChI is InChI=1S/C27H30N2O4/c1-17-6-4-11-28(17)12-5-13-29-18(2)22(23-15-20(32-3)8-10-24(23)29)16-26-27(31)21-9-7-19(30)14-25(21)33-26/h7-10,14-17,30H,4-6,11-13H2,1-3H3/b26-16-. The van der Waals surface area contributed by atoms with Crippen LogP contribution in [-0.4, -0.2) is 46.6 Å². The van der Waals surface area contributed by atoms with Gasteiger partial charge in [-0.3, -0.25) is 4.79 Å². The maximum atomic E-state index is 12.9. The molecule has 0 radical (unpaired) electrons. The van der Waals surface area contributed by atoms with Crippen molar-refractivity contribution in [2.45, 2.75) is 45.7 Å². The van der Waals surface area contributed by atoms with E-state index in [0.29, 0.717) is 17.4 Å². The summed E-state index contributed by atoms with van der Waals surface area (Å²) in [7, 11) is 1.66. The molecule has 2 aromatic carbocycles. The summed E-state index contributed by atoms with van der Waals surface area (Å²) in [5.74, 6) is 1.34. The zero-order chi connectivity index (χ0) is 23.1. The van der Waals surface area contributed by atoms with E-state index in [1.165, 1.54) is 31.5 Å². The van der Waals surface area contributed by atoms with Gasteiger partial charge in [0, 0.05) is 47.4 Å². The van der Waals surface area contributed by atoms with Gasteiger partial charge in [0.25, 0.3) is 0 Å². The van der Waals surface area contributed by atoms with Crippen LogP contribution in [-0.2, 0) is 6.54 Å². The molecule has 5 rings (SSSR count). The molecular weight excluding hydrogens is 416 g/mol. The molecule has 1 saturated heterocycles. The summed E-state index contributed by atoms with van der Waals surface area (Å²) < 4.78 is 13.7. The van der Waals surface area contributed by atoms with Crippen LogP contribution in [0.15, 0.2) is 42.2 Å². The first-order chi connectivity index (χ1) is 16.0. The number of hydrogen-bond acceptors (Lipinski definition) is 5. The van der Waals surface area contributed by atoms with Gasteiger partial charge >= 0.3 is 0 Å². The fourth-order valence-corrected chi connectivity index (χ4v) is 5.15. The molecule has 0 bridgehead atoms. The molecule has 6 heteroatoms. The van der Waals surface area contributed by atoms with Gasteiger partial charge in [0.15, 0.2) is 5.76 Å². The highest BCUT2D eigenvalue weighted by molar-refractivity contribution is 6.15. The number of nitrogens with zero attached hydrogens (tertiary/aromatic N) is 2. The molecule has 2 aliphatic rings. The number of phenols is 1. The van der Waals surface area contributed by atoms with Crippen molar-refractivity contribution in [3.05, 3.63) is 59.0 Å². The Kier molecular flexibility index (Phi) is 5.62. The number of ether oxygens (including phenoxy) is 2. The van der Waals surface area contributed by atoms with Gasteiger partial charge in [-0.15, -0.1) is 0 Å². The van der Waals surface area contributed by atoms with Crippen LogP contribution in [0.1, 0.15) is 47.8 Å². The lowest BCUT2D eigenvalue weighted by Crippen LogP contribution is -2.28. The van der Waals surface area contributed by atoms with E-state index in [2.05, 4.69) is 29.4 Å². The predicted octanol–water partition coefficient (Wildman–Crippen LogP) is 5.15. The van der Waals surface area contributed by atoms with E-state index >= 15 is 0 Å². The predicted molar refractivity (Wildman–Crippen MR) is 129 cm³/mol. The Morgan fingerprint density at radius 2 is 2.06 bits per heavy atom. The minimum Gasteiger partial charge on any atom is -0.508 e. The van der Waals surface area contributed by atoms with Crippen molar-refractivity contribution in [2.75, 3.05) is 20.2 Å². The summed E-state index contributed by atoms with van der Waals surface area (Å²) in [6.45, 7) is 7.60. The van der Waals surface area contributed by atoms with Crippen LogP contribution in [0.3, 0.4) is 0 Å². The number of rotatable bonds is 6. The Morgan fingerprint density at radius 1 is 1.21 bits per heavy atom. The van der Waals surface area contributed by atoms with Crippen LogP contribution in [0.4, 0.5) is 0 Å². The molecule has 2 aliphatic heterocycles. The number of ketones is 1. The third kappa shape index (κ3) is 3.89. The second-order valence-electron chi connectivity index (χ2n) is 9.03. The number of fused-ring (bicyclic) bond motifs is 2. The molecule has 0 amide bonds. The Labute approximate surface area is 194 Å². The van der Waals surface area contributed by atoms with Gasteiger partial charge in [0.1, 0.15) is 17.2 Å². The van der Waals surface area contributed by atoms with E-state index in [-0.39, 0.29) is 17.3 Å². The lowest BCUT2D eigenvalue weighted by molar-refractivity contribution is 0.101. The Hall–Kier alpha value is -3.25. The number of carbonyl (C=O) groups excluding carboxylic acids is 1. The minimum atomic E-state index is -0.170. The Morgan fingerprint density at radius 3 is 2.82 bits per heavy atom. The van der Waals surface area contributed by atoms with Crippen LogP contribution >= 0.6 is 0 Å². The lowest BCUT2D eigenvalue weighted by Gasteiger charge is -2.21. The number of allylic oxidation sites excluding steroid dienone is 1. The van der Waals surface area contributed by atoms with Crippen molar-refractivity contribution in [1.29, 1.82) is 0 Å². The van der Waals surface area contributed by atoms with E-state index < -0.39 is 0 Å². The third-order valence-corrected chi connectivity index (χ3v) is 7.03. The molecule has 0 saturated carbocycles. The molecule has 0 aliphatic carbocycles. The SMILES string of the molecule is COc1ccc2c(c1)c(/C=C1\Oc3cc(O)ccc3C1=O)c(C)n2CCCN1CCCC1C. The molecule has 1 atom stereocenters. The van der Waals surface area contributed by atoms with Crippen molar-refractivity contribution < 1.29 is 19.4 Å². The van der Waals surface area contributed by atoms with Crippen LogP contribution in [0.2, 0.25) is 0 Å².